The molecule has 8 atom stereocenters. The average molecular weight is 516 g/mol. The molecule has 4 aliphatic rings. The quantitative estimate of drug-likeness (QED) is 0.269. The van der Waals surface area contributed by atoms with Crippen molar-refractivity contribution in [3.8, 4) is 0 Å². The molecule has 4 aliphatic carbocycles. The Balaban J connectivity index is 1.43. The molecule has 0 aromatic carbocycles. The fourth-order valence-electron chi connectivity index (χ4n) is 9.53. The van der Waals surface area contributed by atoms with Crippen LogP contribution in [0.4, 0.5) is 0 Å². The van der Waals surface area contributed by atoms with Crippen LogP contribution >= 0.6 is 0 Å². The predicted molar refractivity (Wildman–Crippen MR) is 154 cm³/mol. The molecule has 1 amide bonds. The van der Waals surface area contributed by atoms with Gasteiger partial charge in [0.05, 0.1) is 34.2 Å². The van der Waals surface area contributed by atoms with Gasteiger partial charge in [-0.15, -0.1) is 0 Å². The van der Waals surface area contributed by atoms with Gasteiger partial charge in [0, 0.05) is 6.42 Å². The summed E-state index contributed by atoms with van der Waals surface area (Å²) in [7, 11) is 6.39. The molecule has 0 saturated heterocycles. The first kappa shape index (κ1) is 29.1. The molecule has 3 saturated carbocycles. The Morgan fingerprint density at radius 2 is 1.78 bits per heavy atom. The van der Waals surface area contributed by atoms with Gasteiger partial charge in [-0.05, 0) is 91.3 Å². The molecular formula is C33H59N2O2+. The van der Waals surface area contributed by atoms with Gasteiger partial charge >= 0.3 is 0 Å². The zero-order chi connectivity index (χ0) is 27.2. The van der Waals surface area contributed by atoms with E-state index in [0.29, 0.717) is 30.7 Å². The van der Waals surface area contributed by atoms with E-state index in [1.807, 2.05) is 0 Å². The van der Waals surface area contributed by atoms with E-state index in [1.54, 1.807) is 0 Å². The Kier molecular flexibility index (Phi) is 8.34. The van der Waals surface area contributed by atoms with Crippen molar-refractivity contribution in [2.45, 2.75) is 111 Å². The van der Waals surface area contributed by atoms with E-state index in [9.17, 15) is 9.90 Å². The second-order valence-electron chi connectivity index (χ2n) is 15.8. The molecule has 2 N–H and O–H groups in total. The lowest BCUT2D eigenvalue weighted by molar-refractivity contribution is -0.869. The molecule has 0 aliphatic heterocycles. The lowest BCUT2D eigenvalue weighted by Crippen LogP contribution is -2.56. The first-order valence-electron chi connectivity index (χ1n) is 15.7. The largest absolute Gasteiger partial charge is 0.380 e. The molecule has 0 aromatic heterocycles. The molecule has 0 radical (unpaired) electrons. The number of carbonyl (C=O) groups is 1. The lowest BCUT2D eigenvalue weighted by atomic mass is 9.46. The van der Waals surface area contributed by atoms with E-state index in [2.05, 4.69) is 67.2 Å². The summed E-state index contributed by atoms with van der Waals surface area (Å²) in [6.07, 6.45) is 15.4. The first-order valence-corrected chi connectivity index (χ1v) is 15.7. The number of rotatable bonds is 9. The number of amides is 1. The molecule has 37 heavy (non-hydrogen) atoms. The highest BCUT2D eigenvalue weighted by Crippen LogP contribution is 2.67. The maximum absolute atomic E-state index is 13.1. The van der Waals surface area contributed by atoms with Crippen LogP contribution in [0.1, 0.15) is 105 Å². The van der Waals surface area contributed by atoms with Crippen LogP contribution in [0.5, 0.6) is 0 Å². The standard InChI is InChI=1S/C33H58N2O2/c1-23(2)10-9-11-24(3)27-14-15-28-26-13-12-25-22-33(37,30(36)34-20-21-35(6,7)8)19-18-31(25,4)29(26)16-17-32(27,28)5/h12,23-24,26-29,37H,9-11,13-22H2,1-8H3/p+1/t24-,26+,27-,28+,29+,31+,32-,33?/m1/s1. The zero-order valence-corrected chi connectivity index (χ0v) is 25.5. The Hall–Kier alpha value is -0.870. The molecular weight excluding hydrogens is 456 g/mol. The third-order valence-corrected chi connectivity index (χ3v) is 11.9. The molecule has 0 bridgehead atoms. The number of aliphatic hydroxyl groups is 1. The van der Waals surface area contributed by atoms with Crippen LogP contribution in [0, 0.1) is 46.3 Å². The monoisotopic (exact) mass is 515 g/mol. The minimum atomic E-state index is -1.24. The number of hydrogen-bond donors (Lipinski definition) is 2. The number of nitrogens with zero attached hydrogens (tertiary/aromatic N) is 1. The van der Waals surface area contributed by atoms with Crippen LogP contribution < -0.4 is 5.32 Å². The lowest BCUT2D eigenvalue weighted by Gasteiger charge is -2.59. The van der Waals surface area contributed by atoms with Crippen molar-refractivity contribution in [2.24, 2.45) is 46.3 Å². The molecule has 0 spiro atoms. The number of fused-ring (bicyclic) bond motifs is 5. The van der Waals surface area contributed by atoms with E-state index in [4.69, 9.17) is 0 Å². The predicted octanol–water partition coefficient (Wildman–Crippen LogP) is 6.58. The topological polar surface area (TPSA) is 49.3 Å². The molecule has 4 nitrogen and oxygen atoms in total. The van der Waals surface area contributed by atoms with Crippen LogP contribution in [-0.4, -0.2) is 55.3 Å². The molecule has 1 unspecified atom stereocenters. The third kappa shape index (κ3) is 5.72. The Labute approximate surface area is 228 Å². The van der Waals surface area contributed by atoms with E-state index in [0.717, 1.165) is 53.5 Å². The fourth-order valence-corrected chi connectivity index (χ4v) is 9.53. The number of nitrogens with one attached hydrogen (secondary N) is 1. The Morgan fingerprint density at radius 3 is 2.46 bits per heavy atom. The van der Waals surface area contributed by atoms with Gasteiger partial charge in [0.25, 0.3) is 5.91 Å². The summed E-state index contributed by atoms with van der Waals surface area (Å²) in [6.45, 7) is 13.9. The number of likely N-dealkylation sites (N-methyl/N-ethyl adjacent to an activating group) is 1. The van der Waals surface area contributed by atoms with Crippen molar-refractivity contribution in [1.29, 1.82) is 0 Å². The second kappa shape index (κ2) is 10.6. The number of quaternary nitrogens is 1. The zero-order valence-electron chi connectivity index (χ0n) is 25.5. The van der Waals surface area contributed by atoms with Crippen LogP contribution in [0.25, 0.3) is 0 Å². The van der Waals surface area contributed by atoms with Gasteiger partial charge in [-0.3, -0.25) is 4.79 Å². The number of carbonyl (C=O) groups excluding carboxylic acids is 1. The summed E-state index contributed by atoms with van der Waals surface area (Å²) in [5, 5.41) is 14.5. The highest BCUT2D eigenvalue weighted by atomic mass is 16.3. The first-order chi connectivity index (χ1) is 17.2. The fraction of sp³-hybridized carbons (Fsp3) is 0.909. The van der Waals surface area contributed by atoms with Crippen molar-refractivity contribution in [3.05, 3.63) is 11.6 Å². The number of hydrogen-bond acceptors (Lipinski definition) is 2. The van der Waals surface area contributed by atoms with E-state index in [-0.39, 0.29) is 11.3 Å². The van der Waals surface area contributed by atoms with Crippen LogP contribution in [0.15, 0.2) is 11.6 Å². The summed E-state index contributed by atoms with van der Waals surface area (Å²) in [6, 6.07) is 0. The third-order valence-electron chi connectivity index (χ3n) is 11.9. The minimum Gasteiger partial charge on any atom is -0.380 e. The van der Waals surface area contributed by atoms with Gasteiger partial charge < -0.3 is 14.9 Å². The van der Waals surface area contributed by atoms with Crippen molar-refractivity contribution in [3.63, 3.8) is 0 Å². The van der Waals surface area contributed by atoms with Gasteiger partial charge in [0.15, 0.2) is 0 Å². The highest BCUT2D eigenvalue weighted by Gasteiger charge is 2.60. The average Bonchev–Trinajstić information content (AvgIpc) is 3.15. The Morgan fingerprint density at radius 1 is 1.05 bits per heavy atom. The van der Waals surface area contributed by atoms with Crippen molar-refractivity contribution in [1.82, 2.24) is 5.32 Å². The van der Waals surface area contributed by atoms with Gasteiger partial charge in [0.1, 0.15) is 5.60 Å². The summed E-state index contributed by atoms with van der Waals surface area (Å²) < 4.78 is 0.808. The molecule has 3 fully saturated rings. The SMILES string of the molecule is CC(C)CCC[C@@H](C)[C@H]1CC[C@H]2[C@@H]3CC=C4CC(O)(C(=O)NCC[N+](C)(C)C)CC[C@]4(C)[C@H]3CC[C@]12C. The van der Waals surface area contributed by atoms with Crippen molar-refractivity contribution >= 4 is 5.91 Å². The van der Waals surface area contributed by atoms with Crippen LogP contribution in [0.2, 0.25) is 0 Å². The molecule has 0 heterocycles. The van der Waals surface area contributed by atoms with Gasteiger partial charge in [-0.25, -0.2) is 0 Å². The second-order valence-corrected chi connectivity index (χ2v) is 15.8. The summed E-state index contributed by atoms with van der Waals surface area (Å²) in [4.78, 5) is 13.1. The minimum absolute atomic E-state index is 0.153. The summed E-state index contributed by atoms with van der Waals surface area (Å²) in [5.41, 5.74) is 0.793. The molecule has 212 valence electrons. The highest BCUT2D eigenvalue weighted by molar-refractivity contribution is 5.85. The number of allylic oxidation sites excluding steroid dienone is 1. The molecule has 4 heteroatoms. The normalized spacial score (nSPS) is 40.4. The molecule has 0 aromatic rings. The van der Waals surface area contributed by atoms with E-state index >= 15 is 0 Å². The van der Waals surface area contributed by atoms with Crippen molar-refractivity contribution in [2.75, 3.05) is 34.2 Å². The summed E-state index contributed by atoms with van der Waals surface area (Å²) >= 11 is 0. The maximum Gasteiger partial charge on any atom is 0.252 e. The van der Waals surface area contributed by atoms with Crippen molar-refractivity contribution < 1.29 is 14.4 Å². The molecule has 4 rings (SSSR count). The van der Waals surface area contributed by atoms with Gasteiger partial charge in [-0.2, -0.15) is 0 Å². The van der Waals surface area contributed by atoms with Crippen LogP contribution in [-0.2, 0) is 4.79 Å². The van der Waals surface area contributed by atoms with Gasteiger partial charge in [0.2, 0.25) is 0 Å². The van der Waals surface area contributed by atoms with E-state index < -0.39 is 5.60 Å². The van der Waals surface area contributed by atoms with Crippen LogP contribution in [0.3, 0.4) is 0 Å². The van der Waals surface area contributed by atoms with E-state index in [1.165, 1.54) is 50.5 Å². The maximum atomic E-state index is 13.1. The Bertz CT molecular complexity index is 859. The van der Waals surface area contributed by atoms with Gasteiger partial charge in [-0.1, -0.05) is 65.5 Å². The smallest absolute Gasteiger partial charge is 0.252 e. The summed E-state index contributed by atoms with van der Waals surface area (Å²) in [5.74, 6) is 4.73.